The van der Waals surface area contributed by atoms with Crippen molar-refractivity contribution in [2.24, 2.45) is 10.9 Å². The van der Waals surface area contributed by atoms with Crippen LogP contribution in [0.25, 0.3) is 0 Å². The summed E-state index contributed by atoms with van der Waals surface area (Å²) in [6.07, 6.45) is 0.764. The van der Waals surface area contributed by atoms with E-state index in [0.29, 0.717) is 12.4 Å². The summed E-state index contributed by atoms with van der Waals surface area (Å²) in [5, 5.41) is 2.81. The van der Waals surface area contributed by atoms with E-state index >= 15 is 0 Å². The molecule has 0 spiro atoms. The summed E-state index contributed by atoms with van der Waals surface area (Å²) in [6, 6.07) is -0.241. The van der Waals surface area contributed by atoms with Gasteiger partial charge in [-0.3, -0.25) is 9.79 Å². The zero-order valence-corrected chi connectivity index (χ0v) is 9.91. The van der Waals surface area contributed by atoms with Crippen LogP contribution in [0, 0.1) is 5.92 Å². The number of amidine groups is 1. The highest BCUT2D eigenvalue weighted by Crippen LogP contribution is 2.14. The topological polar surface area (TPSA) is 50.7 Å². The second kappa shape index (κ2) is 5.26. The molecule has 0 saturated heterocycles. The van der Waals surface area contributed by atoms with Crippen LogP contribution in [-0.2, 0) is 9.53 Å². The van der Waals surface area contributed by atoms with Gasteiger partial charge in [-0.2, -0.15) is 0 Å². The largest absolute Gasteiger partial charge is 0.371 e. The van der Waals surface area contributed by atoms with Crippen LogP contribution in [0.1, 0.15) is 34.1 Å². The summed E-state index contributed by atoms with van der Waals surface area (Å²) < 4.78 is 5.51. The highest BCUT2D eigenvalue weighted by molar-refractivity contribution is 6.07. The van der Waals surface area contributed by atoms with Crippen LogP contribution in [0.2, 0.25) is 0 Å². The van der Waals surface area contributed by atoms with Crippen LogP contribution in [-0.4, -0.2) is 30.5 Å². The fourth-order valence-electron chi connectivity index (χ4n) is 1.65. The third-order valence-corrected chi connectivity index (χ3v) is 2.47. The van der Waals surface area contributed by atoms with Gasteiger partial charge in [-0.05, 0) is 19.3 Å². The summed E-state index contributed by atoms with van der Waals surface area (Å²) in [4.78, 5) is 16.0. The minimum atomic E-state index is -0.241. The fraction of sp³-hybridized carbons (Fsp3) is 0.818. The number of nitrogens with one attached hydrogen (secondary N) is 1. The van der Waals surface area contributed by atoms with Crippen molar-refractivity contribution in [2.75, 3.05) is 6.61 Å². The molecule has 1 aliphatic heterocycles. The lowest BCUT2D eigenvalue weighted by atomic mass is 10.1. The molecule has 86 valence electrons. The molecule has 0 aromatic rings. The summed E-state index contributed by atoms with van der Waals surface area (Å²) in [7, 11) is 0. The maximum atomic E-state index is 11.6. The van der Waals surface area contributed by atoms with Crippen molar-refractivity contribution in [2.45, 2.75) is 46.3 Å². The first-order chi connectivity index (χ1) is 7.10. The van der Waals surface area contributed by atoms with Crippen molar-refractivity contribution < 1.29 is 9.53 Å². The lowest BCUT2D eigenvalue weighted by Gasteiger charge is -2.14. The average Bonchev–Trinajstić information content (AvgIpc) is 2.56. The molecule has 0 aromatic heterocycles. The maximum absolute atomic E-state index is 11.6. The van der Waals surface area contributed by atoms with Crippen molar-refractivity contribution >= 4 is 11.7 Å². The van der Waals surface area contributed by atoms with E-state index in [4.69, 9.17) is 4.74 Å². The van der Waals surface area contributed by atoms with Gasteiger partial charge >= 0.3 is 0 Å². The summed E-state index contributed by atoms with van der Waals surface area (Å²) >= 11 is 0. The van der Waals surface area contributed by atoms with Crippen molar-refractivity contribution in [3.05, 3.63) is 0 Å². The van der Waals surface area contributed by atoms with Gasteiger partial charge in [0.2, 0.25) is 5.91 Å². The molecule has 1 aliphatic rings. The Morgan fingerprint density at radius 3 is 2.53 bits per heavy atom. The van der Waals surface area contributed by atoms with Crippen LogP contribution in [0.15, 0.2) is 4.99 Å². The van der Waals surface area contributed by atoms with E-state index < -0.39 is 0 Å². The Balaban J connectivity index is 2.71. The Labute approximate surface area is 91.1 Å². The zero-order valence-electron chi connectivity index (χ0n) is 9.91. The van der Waals surface area contributed by atoms with Crippen molar-refractivity contribution in [3.63, 3.8) is 0 Å². The first-order valence-corrected chi connectivity index (χ1v) is 5.60. The smallest absolute Gasteiger partial charge is 0.250 e. The van der Waals surface area contributed by atoms with E-state index in [-0.39, 0.29) is 24.0 Å². The van der Waals surface area contributed by atoms with Crippen LogP contribution >= 0.6 is 0 Å². The van der Waals surface area contributed by atoms with E-state index in [1.54, 1.807) is 0 Å². The van der Waals surface area contributed by atoms with Gasteiger partial charge in [-0.25, -0.2) is 0 Å². The molecule has 4 nitrogen and oxygen atoms in total. The summed E-state index contributed by atoms with van der Waals surface area (Å²) in [5.74, 6) is 0.933. The Morgan fingerprint density at radius 2 is 2.13 bits per heavy atom. The fourth-order valence-corrected chi connectivity index (χ4v) is 1.65. The van der Waals surface area contributed by atoms with Gasteiger partial charge in [0.1, 0.15) is 18.0 Å². The van der Waals surface area contributed by atoms with Gasteiger partial charge in [0.25, 0.3) is 0 Å². The number of rotatable bonds is 5. The molecular formula is C11H20N2O2. The van der Waals surface area contributed by atoms with Crippen molar-refractivity contribution in [1.82, 2.24) is 5.32 Å². The quantitative estimate of drug-likeness (QED) is 0.748. The second-order valence-electron chi connectivity index (χ2n) is 4.04. The number of amides is 1. The molecule has 15 heavy (non-hydrogen) atoms. The number of nitrogens with zero attached hydrogens (tertiary/aromatic N) is 1. The Morgan fingerprint density at radius 1 is 1.47 bits per heavy atom. The molecule has 0 bridgehead atoms. The Kier molecular flexibility index (Phi) is 4.27. The predicted molar refractivity (Wildman–Crippen MR) is 59.9 cm³/mol. The molecule has 0 aromatic carbocycles. The first kappa shape index (κ1) is 12.2. The zero-order chi connectivity index (χ0) is 11.4. The molecule has 2 unspecified atom stereocenters. The minimum absolute atomic E-state index is 0.00171. The molecule has 0 aliphatic carbocycles. The number of hydrogen-bond acceptors (Lipinski definition) is 3. The molecular weight excluding hydrogens is 192 g/mol. The van der Waals surface area contributed by atoms with E-state index in [9.17, 15) is 4.79 Å². The van der Waals surface area contributed by atoms with Gasteiger partial charge < -0.3 is 10.1 Å². The van der Waals surface area contributed by atoms with E-state index in [1.165, 1.54) is 0 Å². The van der Waals surface area contributed by atoms with E-state index in [2.05, 4.69) is 10.3 Å². The van der Waals surface area contributed by atoms with Gasteiger partial charge in [-0.15, -0.1) is 0 Å². The second-order valence-corrected chi connectivity index (χ2v) is 4.04. The SMILES string of the molecule is CCOC(CC)C1=NC(C(C)C)C(=O)N1. The van der Waals surface area contributed by atoms with Gasteiger partial charge in [-0.1, -0.05) is 20.8 Å². The summed E-state index contributed by atoms with van der Waals surface area (Å²) in [6.45, 7) is 8.61. The van der Waals surface area contributed by atoms with Crippen molar-refractivity contribution in [3.8, 4) is 0 Å². The Hall–Kier alpha value is -0.900. The minimum Gasteiger partial charge on any atom is -0.371 e. The van der Waals surface area contributed by atoms with Crippen LogP contribution < -0.4 is 5.32 Å². The molecule has 0 radical (unpaired) electrons. The molecule has 1 heterocycles. The first-order valence-electron chi connectivity index (χ1n) is 5.60. The molecule has 0 saturated carbocycles. The average molecular weight is 212 g/mol. The molecule has 0 fully saturated rings. The number of aliphatic imine (C=N–C) groups is 1. The number of ether oxygens (including phenoxy) is 1. The van der Waals surface area contributed by atoms with E-state index in [0.717, 1.165) is 6.42 Å². The van der Waals surface area contributed by atoms with Crippen LogP contribution in [0.4, 0.5) is 0 Å². The van der Waals surface area contributed by atoms with E-state index in [1.807, 2.05) is 27.7 Å². The number of carbonyl (C=O) groups excluding carboxylic acids is 1. The predicted octanol–water partition coefficient (Wildman–Crippen LogP) is 1.35. The van der Waals surface area contributed by atoms with Gasteiger partial charge in [0.15, 0.2) is 0 Å². The summed E-state index contributed by atoms with van der Waals surface area (Å²) in [5.41, 5.74) is 0. The lowest BCUT2D eigenvalue weighted by molar-refractivity contribution is -0.120. The standard InChI is InChI=1S/C11H20N2O2/c1-5-8(15-6-2)10-12-9(7(3)4)11(14)13-10/h7-9H,5-6H2,1-4H3,(H,12,13,14). The Bertz CT molecular complexity index is 261. The van der Waals surface area contributed by atoms with Crippen molar-refractivity contribution in [1.29, 1.82) is 0 Å². The number of carbonyl (C=O) groups is 1. The van der Waals surface area contributed by atoms with Gasteiger partial charge in [0.05, 0.1) is 0 Å². The third-order valence-electron chi connectivity index (χ3n) is 2.47. The molecule has 1 amide bonds. The molecule has 1 N–H and O–H groups in total. The van der Waals surface area contributed by atoms with Crippen LogP contribution in [0.5, 0.6) is 0 Å². The highest BCUT2D eigenvalue weighted by Gasteiger charge is 2.31. The molecule has 4 heteroatoms. The normalized spacial score (nSPS) is 22.9. The van der Waals surface area contributed by atoms with Gasteiger partial charge in [0, 0.05) is 6.61 Å². The highest BCUT2D eigenvalue weighted by atomic mass is 16.5. The molecule has 2 atom stereocenters. The van der Waals surface area contributed by atoms with Crippen LogP contribution in [0.3, 0.4) is 0 Å². The molecule has 1 rings (SSSR count). The third kappa shape index (κ3) is 2.78. The monoisotopic (exact) mass is 212 g/mol. The number of hydrogen-bond donors (Lipinski definition) is 1. The lowest BCUT2D eigenvalue weighted by Crippen LogP contribution is -2.37. The maximum Gasteiger partial charge on any atom is 0.250 e.